The zero-order valence-corrected chi connectivity index (χ0v) is 24.8. The Hall–Kier alpha value is -4.63. The summed E-state index contributed by atoms with van der Waals surface area (Å²) in [6.07, 6.45) is 10.7. The van der Waals surface area contributed by atoms with Gasteiger partial charge in [-0.3, -0.25) is 15.1 Å². The number of pyridine rings is 2. The number of rotatable bonds is 11. The van der Waals surface area contributed by atoms with Crippen LogP contribution in [0.3, 0.4) is 0 Å². The number of imidazole rings is 1. The molecule has 9 heteroatoms. The summed E-state index contributed by atoms with van der Waals surface area (Å²) in [5.41, 5.74) is 8.15. The van der Waals surface area contributed by atoms with E-state index in [2.05, 4.69) is 55.8 Å². The van der Waals surface area contributed by atoms with E-state index in [4.69, 9.17) is 4.98 Å². The first-order valence-electron chi connectivity index (χ1n) is 14.1. The fourth-order valence-electron chi connectivity index (χ4n) is 5.06. The lowest BCUT2D eigenvalue weighted by atomic mass is 9.97. The van der Waals surface area contributed by atoms with Gasteiger partial charge in [0.1, 0.15) is 11.5 Å². The van der Waals surface area contributed by atoms with Crippen LogP contribution >= 0.6 is 0 Å². The van der Waals surface area contributed by atoms with Crippen molar-refractivity contribution in [3.63, 3.8) is 0 Å². The van der Waals surface area contributed by atoms with Gasteiger partial charge in [0, 0.05) is 40.7 Å². The smallest absolute Gasteiger partial charge is 0.159 e. The maximum absolute atomic E-state index is 14.8. The number of aryl methyl sites for hydroxylation is 2. The lowest BCUT2D eigenvalue weighted by Gasteiger charge is -2.11. The highest BCUT2D eigenvalue weighted by Gasteiger charge is 2.19. The standard InChI is InChI=1S/C33H37FN8/c1-7-9-27(23-12-22(13-25(34)14-23)10-8-11-42(5)6)31-21(4)38-33(39-31)32-28-16-29(36-19-30(28)40-41-32)24-15-26(18-35-17-24)37-20(2)3/h7,9,12-20,37H,1,8,10-11H2,2-6H3,(H,38,39)(H,40,41)/b27-9-. The molecule has 0 aliphatic heterocycles. The largest absolute Gasteiger partial charge is 0.382 e. The van der Waals surface area contributed by atoms with Gasteiger partial charge in [-0.2, -0.15) is 5.10 Å². The summed E-state index contributed by atoms with van der Waals surface area (Å²) in [6, 6.07) is 9.53. The molecule has 3 N–H and O–H groups in total. The number of halogens is 1. The van der Waals surface area contributed by atoms with Crippen LogP contribution in [-0.4, -0.2) is 61.7 Å². The van der Waals surface area contributed by atoms with Crippen LogP contribution in [0, 0.1) is 12.7 Å². The molecular weight excluding hydrogens is 527 g/mol. The van der Waals surface area contributed by atoms with Gasteiger partial charge >= 0.3 is 0 Å². The van der Waals surface area contributed by atoms with Crippen molar-refractivity contribution in [1.29, 1.82) is 0 Å². The van der Waals surface area contributed by atoms with Crippen molar-refractivity contribution in [1.82, 2.24) is 35.0 Å². The van der Waals surface area contributed by atoms with Crippen LogP contribution in [0.15, 0.2) is 67.7 Å². The fourth-order valence-corrected chi connectivity index (χ4v) is 5.06. The molecule has 0 spiro atoms. The molecular formula is C33H37FN8. The number of hydrogen-bond acceptors (Lipinski definition) is 6. The van der Waals surface area contributed by atoms with Crippen molar-refractivity contribution >= 4 is 22.2 Å². The molecule has 8 nitrogen and oxygen atoms in total. The summed E-state index contributed by atoms with van der Waals surface area (Å²) in [5.74, 6) is 0.341. The minimum absolute atomic E-state index is 0.267. The van der Waals surface area contributed by atoms with E-state index in [9.17, 15) is 4.39 Å². The summed E-state index contributed by atoms with van der Waals surface area (Å²) in [4.78, 5) is 19.5. The van der Waals surface area contributed by atoms with E-state index in [-0.39, 0.29) is 11.9 Å². The highest BCUT2D eigenvalue weighted by molar-refractivity contribution is 5.93. The third-order valence-electron chi connectivity index (χ3n) is 6.92. The lowest BCUT2D eigenvalue weighted by molar-refractivity contribution is 0.400. The molecule has 216 valence electrons. The normalized spacial score (nSPS) is 12.0. The summed E-state index contributed by atoms with van der Waals surface area (Å²) >= 11 is 0. The first-order chi connectivity index (χ1) is 20.2. The quantitative estimate of drug-likeness (QED) is 0.153. The van der Waals surface area contributed by atoms with E-state index in [0.29, 0.717) is 11.5 Å². The van der Waals surface area contributed by atoms with Crippen LogP contribution in [0.1, 0.15) is 42.8 Å². The highest BCUT2D eigenvalue weighted by atomic mass is 19.1. The Bertz CT molecular complexity index is 1740. The molecule has 0 saturated carbocycles. The average molecular weight is 565 g/mol. The predicted octanol–water partition coefficient (Wildman–Crippen LogP) is 6.79. The number of nitrogens with zero attached hydrogens (tertiary/aromatic N) is 5. The number of hydrogen-bond donors (Lipinski definition) is 3. The monoisotopic (exact) mass is 564 g/mol. The van der Waals surface area contributed by atoms with Gasteiger partial charge in [0.05, 0.1) is 28.8 Å². The van der Waals surface area contributed by atoms with Gasteiger partial charge in [-0.15, -0.1) is 0 Å². The molecule has 5 rings (SSSR count). The average Bonchev–Trinajstić information content (AvgIpc) is 3.53. The Labute approximate surface area is 245 Å². The van der Waals surface area contributed by atoms with Crippen LogP contribution < -0.4 is 5.32 Å². The van der Waals surface area contributed by atoms with Gasteiger partial charge in [-0.05, 0) is 89.6 Å². The second-order valence-electron chi connectivity index (χ2n) is 11.1. The van der Waals surface area contributed by atoms with Crippen LogP contribution in [0.5, 0.6) is 0 Å². The number of aromatic nitrogens is 6. The minimum Gasteiger partial charge on any atom is -0.382 e. The molecule has 4 aromatic heterocycles. The summed E-state index contributed by atoms with van der Waals surface area (Å²) in [5, 5.41) is 11.9. The van der Waals surface area contributed by atoms with E-state index in [1.165, 1.54) is 0 Å². The van der Waals surface area contributed by atoms with E-state index >= 15 is 0 Å². The fraction of sp³-hybridized carbons (Fsp3) is 0.273. The topological polar surface area (TPSA) is 98.4 Å². The number of allylic oxidation sites excluding steroid dienone is 2. The Kier molecular flexibility index (Phi) is 8.59. The van der Waals surface area contributed by atoms with Crippen molar-refractivity contribution in [2.24, 2.45) is 0 Å². The third kappa shape index (κ3) is 6.47. The van der Waals surface area contributed by atoms with Crippen LogP contribution in [0.4, 0.5) is 10.1 Å². The second kappa shape index (κ2) is 12.5. The van der Waals surface area contributed by atoms with Crippen molar-refractivity contribution in [2.45, 2.75) is 39.7 Å². The molecule has 0 amide bonds. The number of H-pyrrole nitrogens is 2. The first kappa shape index (κ1) is 28.9. The van der Waals surface area contributed by atoms with Gasteiger partial charge in [0.15, 0.2) is 5.82 Å². The number of benzene rings is 1. The Morgan fingerprint density at radius 3 is 2.71 bits per heavy atom. The van der Waals surface area contributed by atoms with Crippen molar-refractivity contribution in [3.05, 3.63) is 96.0 Å². The van der Waals surface area contributed by atoms with Crippen LogP contribution in [-0.2, 0) is 6.42 Å². The van der Waals surface area contributed by atoms with Crippen LogP contribution in [0.2, 0.25) is 0 Å². The molecule has 0 bridgehead atoms. The Balaban J connectivity index is 1.51. The molecule has 42 heavy (non-hydrogen) atoms. The molecule has 0 saturated heterocycles. The SMILES string of the molecule is C=C/C=C(/c1cc(F)cc(CCCN(C)C)c1)c1nc(-c2n[nH]c3cnc(-c4cncc(NC(C)C)c4)cc23)[nH]c1C. The third-order valence-corrected chi connectivity index (χ3v) is 6.92. The Morgan fingerprint density at radius 2 is 1.95 bits per heavy atom. The van der Waals surface area contributed by atoms with E-state index in [1.54, 1.807) is 36.8 Å². The zero-order valence-electron chi connectivity index (χ0n) is 24.8. The number of aromatic amines is 2. The van der Waals surface area contributed by atoms with Crippen LogP contribution in [0.25, 0.3) is 39.3 Å². The van der Waals surface area contributed by atoms with Gasteiger partial charge < -0.3 is 15.2 Å². The number of anilines is 1. The van der Waals surface area contributed by atoms with E-state index < -0.39 is 0 Å². The van der Waals surface area contributed by atoms with Crippen molar-refractivity contribution in [2.75, 3.05) is 26.0 Å². The van der Waals surface area contributed by atoms with E-state index in [1.807, 2.05) is 45.3 Å². The molecule has 5 aromatic rings. The second-order valence-corrected chi connectivity index (χ2v) is 11.1. The zero-order chi connectivity index (χ0) is 29.8. The van der Waals surface area contributed by atoms with Crippen molar-refractivity contribution < 1.29 is 4.39 Å². The predicted molar refractivity (Wildman–Crippen MR) is 169 cm³/mol. The minimum atomic E-state index is -0.267. The first-order valence-corrected chi connectivity index (χ1v) is 14.1. The summed E-state index contributed by atoms with van der Waals surface area (Å²) in [7, 11) is 4.08. The van der Waals surface area contributed by atoms with Gasteiger partial charge in [-0.1, -0.05) is 24.8 Å². The molecule has 4 heterocycles. The molecule has 0 radical (unpaired) electrons. The molecule has 0 aliphatic rings. The molecule has 1 aromatic carbocycles. The Morgan fingerprint density at radius 1 is 1.12 bits per heavy atom. The molecule has 0 unspecified atom stereocenters. The van der Waals surface area contributed by atoms with Gasteiger partial charge in [0.25, 0.3) is 0 Å². The number of fused-ring (bicyclic) bond motifs is 1. The molecule has 0 fully saturated rings. The maximum atomic E-state index is 14.8. The lowest BCUT2D eigenvalue weighted by Crippen LogP contribution is -2.13. The summed E-state index contributed by atoms with van der Waals surface area (Å²) in [6.45, 7) is 11.0. The highest BCUT2D eigenvalue weighted by Crippen LogP contribution is 2.32. The van der Waals surface area contributed by atoms with Gasteiger partial charge in [0.2, 0.25) is 0 Å². The maximum Gasteiger partial charge on any atom is 0.159 e. The molecule has 0 aliphatic carbocycles. The molecule has 0 atom stereocenters. The van der Waals surface area contributed by atoms with Crippen molar-refractivity contribution in [3.8, 4) is 22.8 Å². The van der Waals surface area contributed by atoms with E-state index in [0.717, 1.165) is 75.3 Å². The number of nitrogens with one attached hydrogen (secondary N) is 3. The summed E-state index contributed by atoms with van der Waals surface area (Å²) < 4.78 is 14.8. The van der Waals surface area contributed by atoms with Gasteiger partial charge in [-0.25, -0.2) is 9.37 Å².